The Balaban J connectivity index is 2.81. The van der Waals surface area contributed by atoms with E-state index in [-0.39, 0.29) is 11.6 Å². The molecule has 0 radical (unpaired) electrons. The van der Waals surface area contributed by atoms with Crippen molar-refractivity contribution < 1.29 is 9.50 Å². The molecule has 0 saturated heterocycles. The maximum absolute atomic E-state index is 13.3. The lowest BCUT2D eigenvalue weighted by molar-refractivity contribution is 0.284. The van der Waals surface area contributed by atoms with Crippen molar-refractivity contribution in [2.45, 2.75) is 6.61 Å². The van der Waals surface area contributed by atoms with Gasteiger partial charge < -0.3 is 5.11 Å². The largest absolute Gasteiger partial charge is 0.392 e. The Hall–Kier alpha value is -0.640. The van der Waals surface area contributed by atoms with Crippen molar-refractivity contribution in [1.29, 1.82) is 0 Å². The van der Waals surface area contributed by atoms with Gasteiger partial charge in [-0.05, 0) is 17.0 Å². The molecule has 68 valence electrons. The topological polar surface area (TPSA) is 20.2 Å². The highest BCUT2D eigenvalue weighted by Gasteiger charge is 2.09. The van der Waals surface area contributed by atoms with Gasteiger partial charge in [0.05, 0.1) is 16.3 Å². The molecular weight excluding hydrogens is 211 g/mol. The van der Waals surface area contributed by atoms with Gasteiger partial charge in [0, 0.05) is 5.39 Å². The summed E-state index contributed by atoms with van der Waals surface area (Å²) in [5, 5.41) is 11.5. The van der Waals surface area contributed by atoms with Gasteiger partial charge in [0.15, 0.2) is 5.82 Å². The number of thiophene rings is 1. The van der Waals surface area contributed by atoms with Crippen LogP contribution in [0.15, 0.2) is 17.5 Å². The van der Waals surface area contributed by atoms with Gasteiger partial charge in [0.1, 0.15) is 0 Å². The molecule has 0 fully saturated rings. The fraction of sp³-hybridized carbons (Fsp3) is 0.111. The van der Waals surface area contributed by atoms with Gasteiger partial charge in [-0.15, -0.1) is 11.3 Å². The van der Waals surface area contributed by atoms with Gasteiger partial charge in [-0.2, -0.15) is 0 Å². The molecule has 1 heterocycles. The molecule has 13 heavy (non-hydrogen) atoms. The second-order valence-corrected chi connectivity index (χ2v) is 3.94. The van der Waals surface area contributed by atoms with Crippen molar-refractivity contribution in [1.82, 2.24) is 0 Å². The molecule has 4 heteroatoms. The van der Waals surface area contributed by atoms with Crippen LogP contribution in [-0.2, 0) is 6.61 Å². The molecule has 2 aromatic rings. The van der Waals surface area contributed by atoms with Crippen LogP contribution in [0.25, 0.3) is 10.1 Å². The summed E-state index contributed by atoms with van der Waals surface area (Å²) in [5.41, 5.74) is 0.746. The molecule has 1 N–H and O–H groups in total. The van der Waals surface area contributed by atoms with Gasteiger partial charge in [-0.25, -0.2) is 4.39 Å². The second kappa shape index (κ2) is 3.25. The van der Waals surface area contributed by atoms with Gasteiger partial charge in [-0.1, -0.05) is 17.7 Å². The van der Waals surface area contributed by atoms with Crippen LogP contribution >= 0.6 is 22.9 Å². The predicted molar refractivity (Wildman–Crippen MR) is 52.7 cm³/mol. The minimum Gasteiger partial charge on any atom is -0.392 e. The van der Waals surface area contributed by atoms with Crippen molar-refractivity contribution in [3.8, 4) is 0 Å². The van der Waals surface area contributed by atoms with Crippen LogP contribution in [0.2, 0.25) is 5.02 Å². The third kappa shape index (κ3) is 1.33. The third-order valence-corrected chi connectivity index (χ3v) is 3.21. The lowest BCUT2D eigenvalue weighted by Crippen LogP contribution is -1.81. The summed E-state index contributed by atoms with van der Waals surface area (Å²) in [4.78, 5) is 0. The van der Waals surface area contributed by atoms with E-state index in [2.05, 4.69) is 0 Å². The summed E-state index contributed by atoms with van der Waals surface area (Å²) in [6, 6.07) is 3.23. The number of fused-ring (bicyclic) bond motifs is 1. The number of hydrogen-bond donors (Lipinski definition) is 1. The van der Waals surface area contributed by atoms with E-state index in [4.69, 9.17) is 16.7 Å². The van der Waals surface area contributed by atoms with Crippen LogP contribution in [0.1, 0.15) is 5.56 Å². The minimum atomic E-state index is -0.399. The van der Waals surface area contributed by atoms with Crippen LogP contribution < -0.4 is 0 Å². The summed E-state index contributed by atoms with van der Waals surface area (Å²) < 4.78 is 13.9. The first-order valence-electron chi connectivity index (χ1n) is 3.69. The Labute approximate surface area is 83.4 Å². The van der Waals surface area contributed by atoms with Crippen molar-refractivity contribution >= 4 is 33.0 Å². The monoisotopic (exact) mass is 216 g/mol. The molecule has 0 amide bonds. The van der Waals surface area contributed by atoms with Crippen molar-refractivity contribution in [3.63, 3.8) is 0 Å². The van der Waals surface area contributed by atoms with Crippen LogP contribution in [0.3, 0.4) is 0 Å². The molecule has 2 rings (SSSR count). The lowest BCUT2D eigenvalue weighted by atomic mass is 10.2. The van der Waals surface area contributed by atoms with Gasteiger partial charge in [-0.3, -0.25) is 0 Å². The highest BCUT2D eigenvalue weighted by molar-refractivity contribution is 7.17. The Kier molecular flexibility index (Phi) is 2.24. The van der Waals surface area contributed by atoms with Gasteiger partial charge in [0.2, 0.25) is 0 Å². The van der Waals surface area contributed by atoms with E-state index in [1.54, 1.807) is 11.4 Å². The average Bonchev–Trinajstić information content (AvgIpc) is 2.55. The molecule has 1 aromatic carbocycles. The first-order valence-corrected chi connectivity index (χ1v) is 4.94. The smallest absolute Gasteiger partial charge is 0.159 e. The highest BCUT2D eigenvalue weighted by Crippen LogP contribution is 2.31. The Morgan fingerprint density at radius 3 is 2.92 bits per heavy atom. The molecule has 0 saturated carbocycles. The van der Waals surface area contributed by atoms with E-state index < -0.39 is 5.82 Å². The molecular formula is C9H6ClFOS. The minimum absolute atomic E-state index is 0.0684. The number of aliphatic hydroxyl groups is 1. The molecule has 0 unspecified atom stereocenters. The predicted octanol–water partition coefficient (Wildman–Crippen LogP) is 3.19. The van der Waals surface area contributed by atoms with Crippen LogP contribution in [0.5, 0.6) is 0 Å². The zero-order valence-electron chi connectivity index (χ0n) is 6.55. The van der Waals surface area contributed by atoms with E-state index in [0.29, 0.717) is 4.70 Å². The normalized spacial score (nSPS) is 11.0. The molecule has 0 spiro atoms. The Bertz CT molecular complexity index is 452. The Morgan fingerprint density at radius 2 is 2.23 bits per heavy atom. The van der Waals surface area contributed by atoms with Crippen LogP contribution in [-0.4, -0.2) is 5.11 Å². The van der Waals surface area contributed by atoms with E-state index in [1.807, 2.05) is 0 Å². The molecule has 1 nitrogen and oxygen atoms in total. The summed E-state index contributed by atoms with van der Waals surface area (Å²) >= 11 is 6.87. The molecule has 0 bridgehead atoms. The lowest BCUT2D eigenvalue weighted by Gasteiger charge is -1.96. The molecule has 0 aliphatic carbocycles. The summed E-state index contributed by atoms with van der Waals surface area (Å²) in [6.45, 7) is -0.0684. The van der Waals surface area contributed by atoms with Crippen molar-refractivity contribution in [2.75, 3.05) is 0 Å². The first kappa shape index (κ1) is 8.94. The fourth-order valence-corrected chi connectivity index (χ4v) is 2.43. The van der Waals surface area contributed by atoms with Gasteiger partial charge >= 0.3 is 0 Å². The third-order valence-electron chi connectivity index (χ3n) is 1.89. The van der Waals surface area contributed by atoms with Gasteiger partial charge in [0.25, 0.3) is 0 Å². The number of hydrogen-bond acceptors (Lipinski definition) is 2. The fourth-order valence-electron chi connectivity index (χ4n) is 1.22. The molecule has 0 aliphatic rings. The van der Waals surface area contributed by atoms with Crippen molar-refractivity contribution in [2.24, 2.45) is 0 Å². The van der Waals surface area contributed by atoms with Crippen LogP contribution in [0.4, 0.5) is 4.39 Å². The summed E-state index contributed by atoms with van der Waals surface area (Å²) in [7, 11) is 0. The number of halogens is 2. The SMILES string of the molecule is OCc1csc2c(F)c(Cl)ccc12. The zero-order chi connectivity index (χ0) is 9.42. The average molecular weight is 217 g/mol. The zero-order valence-corrected chi connectivity index (χ0v) is 8.12. The standard InChI is InChI=1S/C9H6ClFOS/c10-7-2-1-6-5(3-12)4-13-9(6)8(7)11/h1-2,4,12H,3H2. The van der Waals surface area contributed by atoms with E-state index in [0.717, 1.165) is 10.9 Å². The summed E-state index contributed by atoms with van der Waals surface area (Å²) in [5.74, 6) is -0.399. The number of rotatable bonds is 1. The van der Waals surface area contributed by atoms with E-state index >= 15 is 0 Å². The molecule has 0 aliphatic heterocycles. The summed E-state index contributed by atoms with van der Waals surface area (Å²) in [6.07, 6.45) is 0. The quantitative estimate of drug-likeness (QED) is 0.776. The first-order chi connectivity index (χ1) is 6.24. The highest BCUT2D eigenvalue weighted by atomic mass is 35.5. The Morgan fingerprint density at radius 1 is 1.46 bits per heavy atom. The van der Waals surface area contributed by atoms with E-state index in [9.17, 15) is 4.39 Å². The van der Waals surface area contributed by atoms with E-state index in [1.165, 1.54) is 17.4 Å². The number of aliphatic hydroxyl groups excluding tert-OH is 1. The molecule has 1 aromatic heterocycles. The molecule has 0 atom stereocenters. The van der Waals surface area contributed by atoms with Crippen LogP contribution in [0, 0.1) is 5.82 Å². The second-order valence-electron chi connectivity index (χ2n) is 2.66. The van der Waals surface area contributed by atoms with Crippen molar-refractivity contribution in [3.05, 3.63) is 33.9 Å². The maximum atomic E-state index is 13.3. The maximum Gasteiger partial charge on any atom is 0.159 e. The number of benzene rings is 1.